The van der Waals surface area contributed by atoms with E-state index >= 15 is 0 Å². The third kappa shape index (κ3) is 4.18. The summed E-state index contributed by atoms with van der Waals surface area (Å²) < 4.78 is 31.9. The molecule has 18 heavy (non-hydrogen) atoms. The van der Waals surface area contributed by atoms with Gasteiger partial charge in [0.1, 0.15) is 4.90 Å². The molecule has 0 atom stereocenters. The fourth-order valence-corrected chi connectivity index (χ4v) is 2.93. The monoisotopic (exact) mass is 338 g/mol. The SMILES string of the molecule is COCCCNS(=O)(=O)c1cc(Br)cnc1NN. The molecule has 1 aromatic heterocycles. The quantitative estimate of drug-likeness (QED) is 0.378. The van der Waals surface area contributed by atoms with Gasteiger partial charge in [-0.05, 0) is 28.4 Å². The van der Waals surface area contributed by atoms with Gasteiger partial charge in [-0.15, -0.1) is 0 Å². The summed E-state index contributed by atoms with van der Waals surface area (Å²) in [6.07, 6.45) is 2.04. The van der Waals surface area contributed by atoms with E-state index < -0.39 is 10.0 Å². The second-order valence-corrected chi connectivity index (χ2v) is 6.04. The fourth-order valence-electron chi connectivity index (χ4n) is 1.23. The molecule has 0 spiro atoms. The topological polar surface area (TPSA) is 106 Å². The molecule has 7 nitrogen and oxygen atoms in total. The van der Waals surface area contributed by atoms with E-state index in [1.807, 2.05) is 0 Å². The zero-order valence-corrected chi connectivity index (χ0v) is 12.2. The summed E-state index contributed by atoms with van der Waals surface area (Å²) in [4.78, 5) is 3.88. The standard InChI is InChI=1S/C9H15BrN4O3S/c1-17-4-2-3-13-18(15,16)8-5-7(10)6-12-9(8)14-11/h5-6,13H,2-4,11H2,1H3,(H,12,14). The van der Waals surface area contributed by atoms with Crippen molar-refractivity contribution in [2.45, 2.75) is 11.3 Å². The number of ether oxygens (including phenoxy) is 1. The highest BCUT2D eigenvalue weighted by Crippen LogP contribution is 2.21. The Kier molecular flexibility index (Phi) is 5.96. The lowest BCUT2D eigenvalue weighted by atomic mass is 10.5. The van der Waals surface area contributed by atoms with Crippen LogP contribution in [0.4, 0.5) is 5.82 Å². The Morgan fingerprint density at radius 1 is 1.56 bits per heavy atom. The van der Waals surface area contributed by atoms with Crippen LogP contribution in [-0.4, -0.2) is 33.7 Å². The van der Waals surface area contributed by atoms with Crippen LogP contribution in [0.5, 0.6) is 0 Å². The second kappa shape index (κ2) is 7.00. The van der Waals surface area contributed by atoms with Crippen molar-refractivity contribution in [3.63, 3.8) is 0 Å². The number of sulfonamides is 1. The van der Waals surface area contributed by atoms with Crippen molar-refractivity contribution in [1.82, 2.24) is 9.71 Å². The summed E-state index contributed by atoms with van der Waals surface area (Å²) in [5, 5.41) is 0. The minimum Gasteiger partial charge on any atom is -0.385 e. The van der Waals surface area contributed by atoms with E-state index in [-0.39, 0.29) is 17.3 Å². The normalized spacial score (nSPS) is 11.5. The third-order valence-electron chi connectivity index (χ3n) is 2.06. The van der Waals surface area contributed by atoms with Crippen LogP contribution >= 0.6 is 15.9 Å². The fraction of sp³-hybridized carbons (Fsp3) is 0.444. The number of hydrogen-bond acceptors (Lipinski definition) is 6. The van der Waals surface area contributed by atoms with Crippen molar-refractivity contribution in [2.75, 3.05) is 25.7 Å². The van der Waals surface area contributed by atoms with Crippen molar-refractivity contribution in [3.8, 4) is 0 Å². The summed E-state index contributed by atoms with van der Waals surface area (Å²) in [5.74, 6) is 5.33. The van der Waals surface area contributed by atoms with E-state index in [2.05, 4.69) is 31.1 Å². The average molecular weight is 339 g/mol. The first kappa shape index (κ1) is 15.3. The van der Waals surface area contributed by atoms with Gasteiger partial charge in [-0.2, -0.15) is 0 Å². The summed E-state index contributed by atoms with van der Waals surface area (Å²) in [7, 11) is -2.09. The predicted octanol–water partition coefficient (Wildman–Crippen LogP) is 0.445. The van der Waals surface area contributed by atoms with Crippen molar-refractivity contribution >= 4 is 31.8 Å². The van der Waals surface area contributed by atoms with Crippen molar-refractivity contribution < 1.29 is 13.2 Å². The maximum absolute atomic E-state index is 12.0. The van der Waals surface area contributed by atoms with Gasteiger partial charge in [0.15, 0.2) is 5.82 Å². The number of aromatic nitrogens is 1. The lowest BCUT2D eigenvalue weighted by molar-refractivity contribution is 0.196. The van der Waals surface area contributed by atoms with E-state index in [1.54, 1.807) is 7.11 Å². The number of methoxy groups -OCH3 is 1. The van der Waals surface area contributed by atoms with Crippen LogP contribution in [0.25, 0.3) is 0 Å². The minimum absolute atomic E-state index is 0.00297. The van der Waals surface area contributed by atoms with Gasteiger partial charge in [-0.3, -0.25) is 0 Å². The van der Waals surface area contributed by atoms with Gasteiger partial charge in [0.25, 0.3) is 0 Å². The van der Waals surface area contributed by atoms with Gasteiger partial charge in [0.2, 0.25) is 10.0 Å². The predicted molar refractivity (Wildman–Crippen MR) is 71.4 cm³/mol. The molecule has 4 N–H and O–H groups in total. The van der Waals surface area contributed by atoms with E-state index in [0.29, 0.717) is 17.5 Å². The Morgan fingerprint density at radius 3 is 2.89 bits per heavy atom. The molecule has 0 bridgehead atoms. The van der Waals surface area contributed by atoms with Gasteiger partial charge >= 0.3 is 0 Å². The first-order valence-electron chi connectivity index (χ1n) is 5.12. The van der Waals surface area contributed by atoms with Crippen LogP contribution in [-0.2, 0) is 14.8 Å². The highest BCUT2D eigenvalue weighted by Gasteiger charge is 2.19. The van der Waals surface area contributed by atoms with Gasteiger partial charge in [-0.1, -0.05) is 0 Å². The number of hydrogen-bond donors (Lipinski definition) is 3. The van der Waals surface area contributed by atoms with Gasteiger partial charge < -0.3 is 10.2 Å². The number of halogens is 1. The van der Waals surface area contributed by atoms with Crippen molar-refractivity contribution in [1.29, 1.82) is 0 Å². The largest absolute Gasteiger partial charge is 0.385 e. The molecule has 0 amide bonds. The van der Waals surface area contributed by atoms with Gasteiger partial charge in [0, 0.05) is 30.9 Å². The smallest absolute Gasteiger partial charge is 0.244 e. The zero-order valence-electron chi connectivity index (χ0n) is 9.81. The number of pyridine rings is 1. The van der Waals surface area contributed by atoms with Gasteiger partial charge in [-0.25, -0.2) is 24.0 Å². The average Bonchev–Trinajstić information content (AvgIpc) is 2.35. The van der Waals surface area contributed by atoms with Crippen LogP contribution in [0.2, 0.25) is 0 Å². The molecule has 0 aliphatic carbocycles. The van der Waals surface area contributed by atoms with Gasteiger partial charge in [0.05, 0.1) is 0 Å². The van der Waals surface area contributed by atoms with Crippen LogP contribution in [0, 0.1) is 0 Å². The van der Waals surface area contributed by atoms with E-state index in [0.717, 1.165) is 0 Å². The van der Waals surface area contributed by atoms with Crippen molar-refractivity contribution in [2.24, 2.45) is 5.84 Å². The highest BCUT2D eigenvalue weighted by molar-refractivity contribution is 9.10. The molecular formula is C9H15BrN4O3S. The molecule has 0 radical (unpaired) electrons. The molecule has 9 heteroatoms. The lowest BCUT2D eigenvalue weighted by Gasteiger charge is -2.10. The number of nitrogen functional groups attached to an aromatic ring is 1. The number of anilines is 1. The minimum atomic E-state index is -3.65. The number of hydrazine groups is 1. The van der Waals surface area contributed by atoms with E-state index in [4.69, 9.17) is 10.6 Å². The van der Waals surface area contributed by atoms with Crippen LogP contribution in [0.1, 0.15) is 6.42 Å². The molecular weight excluding hydrogens is 324 g/mol. The third-order valence-corrected chi connectivity index (χ3v) is 3.97. The maximum atomic E-state index is 12.0. The van der Waals surface area contributed by atoms with Crippen LogP contribution in [0.3, 0.4) is 0 Å². The molecule has 0 saturated heterocycles. The summed E-state index contributed by atoms with van der Waals surface area (Å²) in [6, 6.07) is 1.43. The van der Waals surface area contributed by atoms with Crippen LogP contribution in [0.15, 0.2) is 21.6 Å². The molecule has 0 fully saturated rings. The molecule has 1 rings (SSSR count). The molecule has 1 aromatic rings. The Hall–Kier alpha value is -0.740. The van der Waals surface area contributed by atoms with Crippen molar-refractivity contribution in [3.05, 3.63) is 16.7 Å². The highest BCUT2D eigenvalue weighted by atomic mass is 79.9. The number of nitrogens with zero attached hydrogens (tertiary/aromatic N) is 1. The lowest BCUT2D eigenvalue weighted by Crippen LogP contribution is -2.27. The zero-order chi connectivity index (χ0) is 13.6. The van der Waals surface area contributed by atoms with E-state index in [9.17, 15) is 8.42 Å². The Bertz CT molecular complexity index is 495. The van der Waals surface area contributed by atoms with E-state index in [1.165, 1.54) is 12.3 Å². The summed E-state index contributed by atoms with van der Waals surface area (Å²) in [6.45, 7) is 0.772. The molecule has 0 saturated carbocycles. The Balaban J connectivity index is 2.87. The summed E-state index contributed by atoms with van der Waals surface area (Å²) >= 11 is 3.17. The first-order chi connectivity index (χ1) is 8.51. The Labute approximate surface area is 114 Å². The molecule has 0 aliphatic rings. The van der Waals surface area contributed by atoms with Crippen LogP contribution < -0.4 is 16.0 Å². The molecule has 0 aromatic carbocycles. The number of nitrogens with two attached hydrogens (primary N) is 1. The first-order valence-corrected chi connectivity index (χ1v) is 7.39. The molecule has 1 heterocycles. The maximum Gasteiger partial charge on any atom is 0.244 e. The molecule has 102 valence electrons. The number of nitrogens with one attached hydrogen (secondary N) is 2. The molecule has 0 aliphatic heterocycles. The second-order valence-electron chi connectivity index (χ2n) is 3.39. The summed E-state index contributed by atoms with van der Waals surface area (Å²) in [5.41, 5.74) is 2.25. The number of rotatable bonds is 7. The molecule has 0 unspecified atom stereocenters. The Morgan fingerprint density at radius 2 is 2.28 bits per heavy atom.